The van der Waals surface area contributed by atoms with E-state index < -0.39 is 0 Å². The van der Waals surface area contributed by atoms with E-state index in [9.17, 15) is 5.26 Å². The molecule has 1 aromatic heterocycles. The largest absolute Gasteiger partial charge is 0.495 e. The Labute approximate surface area is 161 Å². The SMILES string of the molecule is COc1cc(Nc2cc(Nc3ccccc3C#N)ncn2)c(OC)cc1Cl. The molecule has 0 amide bonds. The lowest BCUT2D eigenvalue weighted by atomic mass is 10.2. The molecule has 0 fully saturated rings. The first-order valence-corrected chi connectivity index (χ1v) is 8.29. The molecule has 7 nitrogen and oxygen atoms in total. The second kappa shape index (κ2) is 8.25. The average molecular weight is 382 g/mol. The van der Waals surface area contributed by atoms with Gasteiger partial charge in [-0.15, -0.1) is 0 Å². The van der Waals surface area contributed by atoms with Crippen LogP contribution in [0.1, 0.15) is 5.56 Å². The summed E-state index contributed by atoms with van der Waals surface area (Å²) < 4.78 is 10.6. The van der Waals surface area contributed by atoms with Gasteiger partial charge in [-0.3, -0.25) is 0 Å². The number of nitriles is 1. The summed E-state index contributed by atoms with van der Waals surface area (Å²) in [4.78, 5) is 8.41. The molecule has 1 heterocycles. The van der Waals surface area contributed by atoms with E-state index in [1.54, 1.807) is 43.5 Å². The number of para-hydroxylation sites is 1. The number of hydrogen-bond donors (Lipinski definition) is 2. The molecule has 0 radical (unpaired) electrons. The van der Waals surface area contributed by atoms with Crippen molar-refractivity contribution in [1.29, 1.82) is 5.26 Å². The van der Waals surface area contributed by atoms with E-state index in [4.69, 9.17) is 21.1 Å². The fourth-order valence-corrected chi connectivity index (χ4v) is 2.65. The number of nitrogens with one attached hydrogen (secondary N) is 2. The highest BCUT2D eigenvalue weighted by Gasteiger charge is 2.11. The van der Waals surface area contributed by atoms with Crippen molar-refractivity contribution < 1.29 is 9.47 Å². The number of methoxy groups -OCH3 is 2. The number of aromatic nitrogens is 2. The number of rotatable bonds is 6. The summed E-state index contributed by atoms with van der Waals surface area (Å²) in [5.41, 5.74) is 1.82. The predicted octanol–water partition coefficient (Wildman–Crippen LogP) is 4.51. The van der Waals surface area contributed by atoms with E-state index >= 15 is 0 Å². The molecule has 0 aliphatic rings. The van der Waals surface area contributed by atoms with Crippen molar-refractivity contribution in [1.82, 2.24) is 9.97 Å². The van der Waals surface area contributed by atoms with Crippen LogP contribution < -0.4 is 20.1 Å². The number of anilines is 4. The second-order valence-corrected chi connectivity index (χ2v) is 5.79. The number of hydrogen-bond acceptors (Lipinski definition) is 7. The highest BCUT2D eigenvalue weighted by atomic mass is 35.5. The lowest BCUT2D eigenvalue weighted by Crippen LogP contribution is -2.01. The summed E-state index contributed by atoms with van der Waals surface area (Å²) in [6.45, 7) is 0. The highest BCUT2D eigenvalue weighted by molar-refractivity contribution is 6.32. The molecular weight excluding hydrogens is 366 g/mol. The summed E-state index contributed by atoms with van der Waals surface area (Å²) in [7, 11) is 3.09. The monoisotopic (exact) mass is 381 g/mol. The zero-order valence-corrected chi connectivity index (χ0v) is 15.4. The summed E-state index contributed by atoms with van der Waals surface area (Å²) >= 11 is 6.13. The molecule has 0 atom stereocenters. The Balaban J connectivity index is 1.88. The maximum atomic E-state index is 9.20. The van der Waals surface area contributed by atoms with Crippen LogP contribution in [0.5, 0.6) is 11.5 Å². The molecule has 0 aliphatic heterocycles. The van der Waals surface area contributed by atoms with Gasteiger partial charge >= 0.3 is 0 Å². The van der Waals surface area contributed by atoms with Crippen LogP contribution >= 0.6 is 11.6 Å². The van der Waals surface area contributed by atoms with Gasteiger partial charge in [-0.2, -0.15) is 5.26 Å². The van der Waals surface area contributed by atoms with Crippen molar-refractivity contribution in [2.45, 2.75) is 0 Å². The maximum absolute atomic E-state index is 9.20. The van der Waals surface area contributed by atoms with E-state index in [2.05, 4.69) is 26.7 Å². The molecule has 0 unspecified atom stereocenters. The van der Waals surface area contributed by atoms with Gasteiger partial charge in [-0.25, -0.2) is 9.97 Å². The summed E-state index contributed by atoms with van der Waals surface area (Å²) in [6.07, 6.45) is 1.42. The zero-order chi connectivity index (χ0) is 19.2. The van der Waals surface area contributed by atoms with E-state index in [1.165, 1.54) is 13.4 Å². The van der Waals surface area contributed by atoms with E-state index in [0.717, 1.165) is 0 Å². The van der Waals surface area contributed by atoms with Gasteiger partial charge in [0.15, 0.2) is 0 Å². The van der Waals surface area contributed by atoms with Crippen LogP contribution in [0.3, 0.4) is 0 Å². The molecule has 136 valence electrons. The van der Waals surface area contributed by atoms with Gasteiger partial charge in [0.1, 0.15) is 35.5 Å². The number of benzene rings is 2. The van der Waals surface area contributed by atoms with Crippen LogP contribution in [0, 0.1) is 11.3 Å². The van der Waals surface area contributed by atoms with Crippen LogP contribution in [0.15, 0.2) is 48.8 Å². The first kappa shape index (κ1) is 18.3. The molecule has 3 aromatic rings. The lowest BCUT2D eigenvalue weighted by molar-refractivity contribution is 0.405. The molecule has 27 heavy (non-hydrogen) atoms. The minimum Gasteiger partial charge on any atom is -0.495 e. The Morgan fingerprint density at radius 3 is 2.26 bits per heavy atom. The standard InChI is InChI=1S/C19H16ClN5O2/c1-26-16-8-15(17(27-2)7-13(16)20)25-19-9-18(22-11-23-19)24-14-6-4-3-5-12(14)10-21/h3-9,11H,1-2H3,(H2,22,23,24,25). The third-order valence-corrected chi connectivity index (χ3v) is 4.01. The molecule has 2 aromatic carbocycles. The molecule has 0 bridgehead atoms. The van der Waals surface area contributed by atoms with Crippen LogP contribution in [0.2, 0.25) is 5.02 Å². The van der Waals surface area contributed by atoms with Crippen LogP contribution in [0.4, 0.5) is 23.0 Å². The van der Waals surface area contributed by atoms with E-state index in [1.807, 2.05) is 6.07 Å². The Morgan fingerprint density at radius 1 is 0.926 bits per heavy atom. The maximum Gasteiger partial charge on any atom is 0.144 e. The van der Waals surface area contributed by atoms with Gasteiger partial charge in [-0.1, -0.05) is 23.7 Å². The molecule has 2 N–H and O–H groups in total. The predicted molar refractivity (Wildman–Crippen MR) is 104 cm³/mol. The van der Waals surface area contributed by atoms with Gasteiger partial charge in [-0.05, 0) is 12.1 Å². The van der Waals surface area contributed by atoms with Gasteiger partial charge in [0.2, 0.25) is 0 Å². The first-order chi connectivity index (χ1) is 13.1. The lowest BCUT2D eigenvalue weighted by Gasteiger charge is -2.14. The summed E-state index contributed by atoms with van der Waals surface area (Å²) in [5, 5.41) is 15.9. The fraction of sp³-hybridized carbons (Fsp3) is 0.105. The quantitative estimate of drug-likeness (QED) is 0.649. The van der Waals surface area contributed by atoms with Crippen molar-refractivity contribution in [2.75, 3.05) is 24.9 Å². The van der Waals surface area contributed by atoms with E-state index in [-0.39, 0.29) is 0 Å². The molecule has 0 aliphatic carbocycles. The van der Waals surface area contributed by atoms with Crippen molar-refractivity contribution >= 4 is 34.6 Å². The van der Waals surface area contributed by atoms with Gasteiger partial charge < -0.3 is 20.1 Å². The Kier molecular flexibility index (Phi) is 5.59. The van der Waals surface area contributed by atoms with Crippen molar-refractivity contribution in [2.24, 2.45) is 0 Å². The zero-order valence-electron chi connectivity index (χ0n) is 14.7. The van der Waals surface area contributed by atoms with Crippen molar-refractivity contribution in [3.05, 3.63) is 59.4 Å². The Morgan fingerprint density at radius 2 is 1.59 bits per heavy atom. The minimum atomic E-state index is 0.443. The minimum absolute atomic E-state index is 0.443. The van der Waals surface area contributed by atoms with Crippen LogP contribution in [-0.2, 0) is 0 Å². The third-order valence-electron chi connectivity index (χ3n) is 3.71. The molecule has 8 heteroatoms. The van der Waals surface area contributed by atoms with Crippen molar-refractivity contribution in [3.63, 3.8) is 0 Å². The second-order valence-electron chi connectivity index (χ2n) is 5.38. The Hall–Kier alpha value is -3.50. The molecule has 0 saturated heterocycles. The first-order valence-electron chi connectivity index (χ1n) is 7.91. The highest BCUT2D eigenvalue weighted by Crippen LogP contribution is 2.37. The number of ether oxygens (including phenoxy) is 2. The van der Waals surface area contributed by atoms with Gasteiger partial charge in [0.25, 0.3) is 0 Å². The van der Waals surface area contributed by atoms with Gasteiger partial charge in [0.05, 0.1) is 36.2 Å². The van der Waals surface area contributed by atoms with Crippen molar-refractivity contribution in [3.8, 4) is 17.6 Å². The van der Waals surface area contributed by atoms with Crippen LogP contribution in [-0.4, -0.2) is 24.2 Å². The van der Waals surface area contributed by atoms with Crippen LogP contribution in [0.25, 0.3) is 0 Å². The topological polar surface area (TPSA) is 92.1 Å². The normalized spacial score (nSPS) is 10.0. The molecule has 0 saturated carbocycles. The molecule has 3 rings (SSSR count). The fourth-order valence-electron chi connectivity index (χ4n) is 2.42. The van der Waals surface area contributed by atoms with Gasteiger partial charge in [0, 0.05) is 18.2 Å². The molecule has 0 spiro atoms. The molecular formula is C19H16ClN5O2. The summed E-state index contributed by atoms with van der Waals surface area (Å²) in [6, 6.07) is 14.4. The summed E-state index contributed by atoms with van der Waals surface area (Å²) in [5.74, 6) is 2.12. The van der Waals surface area contributed by atoms with E-state index in [0.29, 0.717) is 45.1 Å². The number of nitrogens with zero attached hydrogens (tertiary/aromatic N) is 3. The average Bonchev–Trinajstić information content (AvgIpc) is 2.69. The third kappa shape index (κ3) is 4.19. The Bertz CT molecular complexity index is 1000. The smallest absolute Gasteiger partial charge is 0.144 e. The number of halogens is 1.